The summed E-state index contributed by atoms with van der Waals surface area (Å²) in [5, 5.41) is 1.63. The monoisotopic (exact) mass is 954 g/mol. The van der Waals surface area contributed by atoms with Gasteiger partial charge in [-0.25, -0.2) is 9.59 Å². The van der Waals surface area contributed by atoms with Crippen LogP contribution in [-0.2, 0) is 51.3 Å². The van der Waals surface area contributed by atoms with Gasteiger partial charge in [0.05, 0.1) is 48.6 Å². The zero-order valence-electron chi connectivity index (χ0n) is 36.4. The second-order valence-corrected chi connectivity index (χ2v) is 16.4. The highest BCUT2D eigenvalue weighted by atomic mass is 35.5. The van der Waals surface area contributed by atoms with E-state index in [-0.39, 0.29) is 37.9 Å². The Hall–Kier alpha value is -5.08. The van der Waals surface area contributed by atoms with E-state index in [0.717, 1.165) is 16.7 Å². The maximum absolute atomic E-state index is 13.3. The Morgan fingerprint density at radius 2 is 1.08 bits per heavy atom. The maximum Gasteiger partial charge on any atom is 0.336 e. The van der Waals surface area contributed by atoms with Crippen LogP contribution in [0.4, 0.5) is 0 Å². The number of hydrogen-bond acceptors (Lipinski definition) is 10. The minimum atomic E-state index is -0.545. The number of ether oxygens (including phenoxy) is 6. The van der Waals surface area contributed by atoms with Crippen LogP contribution in [0.5, 0.6) is 11.5 Å². The van der Waals surface area contributed by atoms with Crippen molar-refractivity contribution in [2.45, 2.75) is 51.7 Å². The SMILES string of the molecule is COCCN1C(=O)CC(c2ccc(Cl)c(Cl)c2)C(C(=O)OCc2ccccc2OC)=C1C.COCCN1C(=O)CC(c2ccc(Cl)cc2Cl)C(C(=O)OCc2ccccc2OC)=C1C. The number of halogens is 4. The number of para-hydroxylation sites is 2. The molecule has 2 amide bonds. The van der Waals surface area contributed by atoms with Crippen LogP contribution in [0.1, 0.15) is 60.8 Å². The quantitative estimate of drug-likeness (QED) is 0.100. The van der Waals surface area contributed by atoms with E-state index in [1.807, 2.05) is 36.4 Å². The lowest BCUT2D eigenvalue weighted by molar-refractivity contribution is -0.143. The van der Waals surface area contributed by atoms with Crippen molar-refractivity contribution in [3.05, 3.63) is 150 Å². The lowest BCUT2D eigenvalue weighted by atomic mass is 9.83. The molecule has 2 unspecified atom stereocenters. The van der Waals surface area contributed by atoms with Gasteiger partial charge in [-0.05, 0) is 61.4 Å². The van der Waals surface area contributed by atoms with Crippen molar-refractivity contribution in [2.75, 3.05) is 54.7 Å². The molecule has 6 rings (SSSR count). The number of methoxy groups -OCH3 is 4. The van der Waals surface area contributed by atoms with Gasteiger partial charge in [-0.2, -0.15) is 0 Å². The van der Waals surface area contributed by atoms with Gasteiger partial charge in [0.2, 0.25) is 11.8 Å². The summed E-state index contributed by atoms with van der Waals surface area (Å²) in [4.78, 5) is 55.5. The van der Waals surface area contributed by atoms with Crippen LogP contribution < -0.4 is 9.47 Å². The van der Waals surface area contributed by atoms with Crippen LogP contribution in [0.25, 0.3) is 0 Å². The van der Waals surface area contributed by atoms with Gasteiger partial charge in [0.15, 0.2) is 0 Å². The van der Waals surface area contributed by atoms with Gasteiger partial charge in [-0.15, -0.1) is 0 Å². The molecule has 0 aromatic heterocycles. The number of hydrogen-bond donors (Lipinski definition) is 0. The number of nitrogens with zero attached hydrogens (tertiary/aromatic N) is 2. The van der Waals surface area contributed by atoms with E-state index in [1.54, 1.807) is 101 Å². The fourth-order valence-electron chi connectivity index (χ4n) is 7.62. The standard InChI is InChI=1S/2C24H25Cl2NO5/c1-15-23(24(29)32-14-17-6-4-5-7-21(17)31-3)18(13-22(28)27(15)10-11-30-2)16-8-9-19(25)20(26)12-16;1-15-23(24(29)32-14-16-6-4-5-7-21(16)31-3)19(13-22(28)27(15)10-11-30-2)18-9-8-17(25)12-20(18)26/h4-9,12,18H,10-11,13-14H2,1-3H3;4-9,12,19H,10-11,13-14H2,1-3H3. The molecule has 16 heteroatoms. The highest BCUT2D eigenvalue weighted by Gasteiger charge is 2.39. The van der Waals surface area contributed by atoms with Gasteiger partial charge in [0.25, 0.3) is 0 Å². The summed E-state index contributed by atoms with van der Waals surface area (Å²) in [5.41, 5.74) is 4.73. The number of rotatable bonds is 16. The summed E-state index contributed by atoms with van der Waals surface area (Å²) < 4.78 is 32.3. The smallest absolute Gasteiger partial charge is 0.336 e. The summed E-state index contributed by atoms with van der Waals surface area (Å²) >= 11 is 24.8. The lowest BCUT2D eigenvalue weighted by Gasteiger charge is -2.34. The molecule has 4 aromatic rings. The molecule has 0 aliphatic carbocycles. The zero-order chi connectivity index (χ0) is 46.5. The largest absolute Gasteiger partial charge is 0.496 e. The normalized spacial score (nSPS) is 16.3. The van der Waals surface area contributed by atoms with Gasteiger partial charge in [-0.3, -0.25) is 9.59 Å². The van der Waals surface area contributed by atoms with Gasteiger partial charge >= 0.3 is 11.9 Å². The molecule has 64 heavy (non-hydrogen) atoms. The van der Waals surface area contributed by atoms with Crippen LogP contribution in [0.2, 0.25) is 20.1 Å². The number of carbonyl (C=O) groups excluding carboxylic acids is 4. The molecule has 2 aliphatic rings. The number of benzene rings is 4. The molecule has 0 saturated carbocycles. The first-order chi connectivity index (χ1) is 30.7. The summed E-state index contributed by atoms with van der Waals surface area (Å²) in [7, 11) is 6.25. The van der Waals surface area contributed by atoms with E-state index in [4.69, 9.17) is 74.8 Å². The molecule has 0 N–H and O–H groups in total. The highest BCUT2D eigenvalue weighted by Crippen LogP contribution is 2.42. The number of carbonyl (C=O) groups is 4. The highest BCUT2D eigenvalue weighted by molar-refractivity contribution is 6.42. The van der Waals surface area contributed by atoms with E-state index >= 15 is 0 Å². The molecule has 0 bridgehead atoms. The zero-order valence-corrected chi connectivity index (χ0v) is 39.4. The summed E-state index contributed by atoms with van der Waals surface area (Å²) in [6.45, 7) is 4.94. The molecule has 2 heterocycles. The van der Waals surface area contributed by atoms with Crippen LogP contribution in [0.3, 0.4) is 0 Å². The van der Waals surface area contributed by atoms with Crippen LogP contribution >= 0.6 is 46.4 Å². The number of amides is 2. The van der Waals surface area contributed by atoms with E-state index in [0.29, 0.717) is 86.0 Å². The molecular formula is C48H50Cl4N2O10. The summed E-state index contributed by atoms with van der Waals surface area (Å²) in [5.74, 6) is -1.01. The molecule has 4 aromatic carbocycles. The van der Waals surface area contributed by atoms with Crippen LogP contribution in [0, 0.1) is 0 Å². The van der Waals surface area contributed by atoms with E-state index in [2.05, 4.69) is 0 Å². The fraction of sp³-hybridized carbons (Fsp3) is 0.333. The lowest BCUT2D eigenvalue weighted by Crippen LogP contribution is -2.40. The minimum absolute atomic E-state index is 0.0344. The van der Waals surface area contributed by atoms with Gasteiger partial charge < -0.3 is 38.2 Å². The maximum atomic E-state index is 13.3. The molecule has 2 atom stereocenters. The average molecular weight is 957 g/mol. The van der Waals surface area contributed by atoms with Crippen molar-refractivity contribution in [3.63, 3.8) is 0 Å². The van der Waals surface area contributed by atoms with E-state index in [9.17, 15) is 19.2 Å². The molecule has 340 valence electrons. The van der Waals surface area contributed by atoms with E-state index in [1.165, 1.54) is 0 Å². The van der Waals surface area contributed by atoms with Crippen molar-refractivity contribution in [1.82, 2.24) is 9.80 Å². The minimum Gasteiger partial charge on any atom is -0.496 e. The third kappa shape index (κ3) is 12.2. The third-order valence-corrected chi connectivity index (χ3v) is 12.2. The van der Waals surface area contributed by atoms with Crippen molar-refractivity contribution < 1.29 is 47.6 Å². The van der Waals surface area contributed by atoms with Crippen LogP contribution in [-0.4, -0.2) is 88.3 Å². The van der Waals surface area contributed by atoms with Gasteiger partial charge in [0.1, 0.15) is 24.7 Å². The second kappa shape index (κ2) is 23.7. The van der Waals surface area contributed by atoms with Crippen molar-refractivity contribution >= 4 is 70.2 Å². The third-order valence-electron chi connectivity index (χ3n) is 10.9. The Bertz CT molecular complexity index is 2400. The Morgan fingerprint density at radius 1 is 0.594 bits per heavy atom. The number of allylic oxidation sites excluding steroid dienone is 2. The molecular weight excluding hydrogens is 906 g/mol. The molecule has 0 fully saturated rings. The topological polar surface area (TPSA) is 130 Å². The molecule has 2 aliphatic heterocycles. The van der Waals surface area contributed by atoms with Gasteiger partial charge in [-0.1, -0.05) is 94.9 Å². The summed E-state index contributed by atoms with van der Waals surface area (Å²) in [6.07, 6.45) is 0.194. The predicted molar refractivity (Wildman–Crippen MR) is 246 cm³/mol. The Balaban J connectivity index is 0.000000241. The predicted octanol–water partition coefficient (Wildman–Crippen LogP) is 9.96. The molecule has 0 radical (unpaired) electrons. The van der Waals surface area contributed by atoms with E-state index < -0.39 is 23.8 Å². The average Bonchev–Trinajstić information content (AvgIpc) is 3.28. The first kappa shape index (κ1) is 49.9. The molecule has 0 saturated heterocycles. The van der Waals surface area contributed by atoms with Crippen molar-refractivity contribution in [1.29, 1.82) is 0 Å². The van der Waals surface area contributed by atoms with Crippen molar-refractivity contribution in [2.24, 2.45) is 0 Å². The first-order valence-corrected chi connectivity index (χ1v) is 21.7. The second-order valence-electron chi connectivity index (χ2n) is 14.7. The molecule has 0 spiro atoms. The van der Waals surface area contributed by atoms with Gasteiger partial charge in [0, 0.05) is 84.6 Å². The first-order valence-electron chi connectivity index (χ1n) is 20.2. The Labute approximate surface area is 393 Å². The van der Waals surface area contributed by atoms with Crippen molar-refractivity contribution in [3.8, 4) is 11.5 Å². The molecule has 12 nitrogen and oxygen atoms in total. The Morgan fingerprint density at radius 3 is 1.55 bits per heavy atom. The van der Waals surface area contributed by atoms with Crippen LogP contribution in [0.15, 0.2) is 107 Å². The number of esters is 2. The Kier molecular flexibility index (Phi) is 18.5. The fourth-order valence-corrected chi connectivity index (χ4v) is 8.47. The summed E-state index contributed by atoms with van der Waals surface area (Å²) in [6, 6.07) is 24.8.